The van der Waals surface area contributed by atoms with E-state index in [1.807, 2.05) is 24.3 Å². The number of nitrogens with two attached hydrogens (primary N) is 1. The van der Waals surface area contributed by atoms with E-state index in [9.17, 15) is 13.2 Å². The van der Waals surface area contributed by atoms with Crippen LogP contribution in [0.1, 0.15) is 24.8 Å². The minimum Gasteiger partial charge on any atom is -0.399 e. The molecule has 5 heteroatoms. The number of hydrogen-bond donors (Lipinski definition) is 1. The fraction of sp³-hybridized carbons (Fsp3) is 0.571. The molecule has 0 atom stereocenters. The lowest BCUT2D eigenvalue weighted by Crippen LogP contribution is -2.36. The second-order valence-corrected chi connectivity index (χ2v) is 5.12. The topological polar surface area (TPSA) is 29.3 Å². The number of halogens is 3. The van der Waals surface area contributed by atoms with Crippen molar-refractivity contribution in [2.24, 2.45) is 0 Å². The summed E-state index contributed by atoms with van der Waals surface area (Å²) in [5.74, 6) is 0. The zero-order valence-electron chi connectivity index (χ0n) is 10.8. The highest BCUT2D eigenvalue weighted by Crippen LogP contribution is 2.30. The molecule has 0 aromatic heterocycles. The maximum Gasteiger partial charge on any atom is 0.401 e. The van der Waals surface area contributed by atoms with Crippen LogP contribution in [0.4, 0.5) is 18.9 Å². The van der Waals surface area contributed by atoms with Gasteiger partial charge in [-0.25, -0.2) is 0 Å². The predicted octanol–water partition coefficient (Wildman–Crippen LogP) is 3.23. The highest BCUT2D eigenvalue weighted by Gasteiger charge is 2.37. The van der Waals surface area contributed by atoms with Gasteiger partial charge >= 0.3 is 6.18 Å². The number of nitrogens with zero attached hydrogens (tertiary/aromatic N) is 1. The van der Waals surface area contributed by atoms with E-state index in [0.717, 1.165) is 30.5 Å². The molecular weight excluding hydrogens is 253 g/mol. The first-order valence-corrected chi connectivity index (χ1v) is 6.60. The number of hydrogen-bond acceptors (Lipinski definition) is 2. The van der Waals surface area contributed by atoms with Crippen molar-refractivity contribution in [3.05, 3.63) is 29.8 Å². The number of benzene rings is 1. The molecule has 0 saturated heterocycles. The van der Waals surface area contributed by atoms with Crippen LogP contribution in [0.3, 0.4) is 0 Å². The van der Waals surface area contributed by atoms with E-state index >= 15 is 0 Å². The van der Waals surface area contributed by atoms with E-state index in [0.29, 0.717) is 13.0 Å². The average molecular weight is 272 g/mol. The van der Waals surface area contributed by atoms with Crippen molar-refractivity contribution < 1.29 is 13.2 Å². The number of alkyl halides is 3. The molecule has 2 N–H and O–H groups in total. The van der Waals surface area contributed by atoms with Gasteiger partial charge in [-0.2, -0.15) is 13.2 Å². The van der Waals surface area contributed by atoms with Gasteiger partial charge in [-0.1, -0.05) is 18.2 Å². The quantitative estimate of drug-likeness (QED) is 0.806. The van der Waals surface area contributed by atoms with E-state index in [1.54, 1.807) is 4.90 Å². The summed E-state index contributed by atoms with van der Waals surface area (Å²) >= 11 is 0. The molecule has 106 valence electrons. The fourth-order valence-corrected chi connectivity index (χ4v) is 2.30. The molecule has 0 aliphatic heterocycles. The summed E-state index contributed by atoms with van der Waals surface area (Å²) in [6, 6.07) is 7.65. The van der Waals surface area contributed by atoms with Gasteiger partial charge in [0.15, 0.2) is 0 Å². The van der Waals surface area contributed by atoms with Gasteiger partial charge in [0, 0.05) is 11.7 Å². The Morgan fingerprint density at radius 3 is 2.47 bits per heavy atom. The highest BCUT2D eigenvalue weighted by atomic mass is 19.4. The first kappa shape index (κ1) is 14.2. The third kappa shape index (κ3) is 4.74. The maximum atomic E-state index is 12.4. The largest absolute Gasteiger partial charge is 0.401 e. The Balaban J connectivity index is 1.81. The molecular formula is C14H19F3N2. The normalized spacial score (nSPS) is 16.0. The summed E-state index contributed by atoms with van der Waals surface area (Å²) < 4.78 is 37.3. The number of rotatable bonds is 6. The van der Waals surface area contributed by atoms with Crippen LogP contribution in [0.15, 0.2) is 24.3 Å². The summed E-state index contributed by atoms with van der Waals surface area (Å²) in [6.07, 6.45) is -0.879. The summed E-state index contributed by atoms with van der Waals surface area (Å²) in [6.45, 7) is -0.305. The van der Waals surface area contributed by atoms with Crippen LogP contribution < -0.4 is 5.73 Å². The Kier molecular flexibility index (Phi) is 4.34. The standard InChI is InChI=1S/C14H19F3N2/c15-14(16,17)10-19(12-7-8-12)9-3-5-11-4-1-2-6-13(11)18/h1-2,4,6,12H,3,5,7-10,18H2. The zero-order valence-corrected chi connectivity index (χ0v) is 10.8. The molecule has 1 saturated carbocycles. The molecule has 0 amide bonds. The van der Waals surface area contributed by atoms with Crippen LogP contribution in [0.2, 0.25) is 0 Å². The minimum absolute atomic E-state index is 0.134. The molecule has 0 spiro atoms. The molecule has 19 heavy (non-hydrogen) atoms. The molecule has 1 aromatic carbocycles. The number of para-hydroxylation sites is 1. The lowest BCUT2D eigenvalue weighted by molar-refractivity contribution is -0.147. The van der Waals surface area contributed by atoms with Crippen LogP contribution in [0, 0.1) is 0 Å². The van der Waals surface area contributed by atoms with Crippen molar-refractivity contribution in [3.8, 4) is 0 Å². The van der Waals surface area contributed by atoms with Gasteiger partial charge in [0.2, 0.25) is 0 Å². The Morgan fingerprint density at radius 2 is 1.89 bits per heavy atom. The molecule has 1 fully saturated rings. The van der Waals surface area contributed by atoms with E-state index in [4.69, 9.17) is 5.73 Å². The van der Waals surface area contributed by atoms with E-state index in [-0.39, 0.29) is 6.04 Å². The van der Waals surface area contributed by atoms with Crippen LogP contribution in [-0.4, -0.2) is 30.2 Å². The van der Waals surface area contributed by atoms with Crippen molar-refractivity contribution >= 4 is 5.69 Å². The van der Waals surface area contributed by atoms with E-state index in [2.05, 4.69) is 0 Å². The third-order valence-corrected chi connectivity index (χ3v) is 3.39. The van der Waals surface area contributed by atoms with Crippen molar-refractivity contribution in [3.63, 3.8) is 0 Å². The molecule has 2 nitrogen and oxygen atoms in total. The van der Waals surface area contributed by atoms with Gasteiger partial charge in [0.05, 0.1) is 6.54 Å². The second-order valence-electron chi connectivity index (χ2n) is 5.12. The predicted molar refractivity (Wildman–Crippen MR) is 69.8 cm³/mol. The van der Waals surface area contributed by atoms with E-state index < -0.39 is 12.7 Å². The van der Waals surface area contributed by atoms with Crippen LogP contribution in [-0.2, 0) is 6.42 Å². The van der Waals surface area contributed by atoms with Gasteiger partial charge in [0.25, 0.3) is 0 Å². The van der Waals surface area contributed by atoms with Gasteiger partial charge in [-0.3, -0.25) is 4.90 Å². The molecule has 1 aliphatic carbocycles. The number of nitrogen functional groups attached to an aromatic ring is 1. The van der Waals surface area contributed by atoms with Gasteiger partial charge in [0.1, 0.15) is 0 Å². The summed E-state index contributed by atoms with van der Waals surface area (Å²) in [5, 5.41) is 0. The van der Waals surface area contributed by atoms with Crippen molar-refractivity contribution in [1.82, 2.24) is 4.90 Å². The van der Waals surface area contributed by atoms with Crippen LogP contribution in [0.25, 0.3) is 0 Å². The van der Waals surface area contributed by atoms with Crippen LogP contribution >= 0.6 is 0 Å². The Hall–Kier alpha value is -1.23. The van der Waals surface area contributed by atoms with Gasteiger partial charge in [-0.05, 0) is 43.9 Å². The molecule has 0 radical (unpaired) electrons. The van der Waals surface area contributed by atoms with Gasteiger partial charge in [-0.15, -0.1) is 0 Å². The highest BCUT2D eigenvalue weighted by molar-refractivity contribution is 5.46. The molecule has 0 heterocycles. The first-order chi connectivity index (χ1) is 8.96. The fourth-order valence-electron chi connectivity index (χ4n) is 2.30. The molecule has 1 aromatic rings. The average Bonchev–Trinajstić information content (AvgIpc) is 3.12. The maximum absolute atomic E-state index is 12.4. The van der Waals surface area contributed by atoms with Crippen molar-refractivity contribution in [2.45, 2.75) is 37.9 Å². The lowest BCUT2D eigenvalue weighted by Gasteiger charge is -2.23. The Morgan fingerprint density at radius 1 is 1.21 bits per heavy atom. The third-order valence-electron chi connectivity index (χ3n) is 3.39. The Labute approximate surface area is 111 Å². The summed E-state index contributed by atoms with van der Waals surface area (Å²) in [5.41, 5.74) is 7.56. The van der Waals surface area contributed by atoms with Crippen LogP contribution in [0.5, 0.6) is 0 Å². The number of anilines is 1. The monoisotopic (exact) mass is 272 g/mol. The summed E-state index contributed by atoms with van der Waals surface area (Å²) in [4.78, 5) is 1.55. The second kappa shape index (κ2) is 5.82. The smallest absolute Gasteiger partial charge is 0.399 e. The number of aryl methyl sites for hydroxylation is 1. The lowest BCUT2D eigenvalue weighted by atomic mass is 10.1. The van der Waals surface area contributed by atoms with Crippen molar-refractivity contribution in [1.29, 1.82) is 0 Å². The SMILES string of the molecule is Nc1ccccc1CCCN(CC(F)(F)F)C1CC1. The van der Waals surface area contributed by atoms with E-state index in [1.165, 1.54) is 0 Å². The first-order valence-electron chi connectivity index (χ1n) is 6.60. The summed E-state index contributed by atoms with van der Waals surface area (Å²) in [7, 11) is 0. The molecule has 0 bridgehead atoms. The van der Waals surface area contributed by atoms with Crippen molar-refractivity contribution in [2.75, 3.05) is 18.8 Å². The zero-order chi connectivity index (χ0) is 13.9. The molecule has 0 unspecified atom stereocenters. The minimum atomic E-state index is -4.10. The van der Waals surface area contributed by atoms with Gasteiger partial charge < -0.3 is 5.73 Å². The molecule has 1 aliphatic rings. The Bertz CT molecular complexity index is 413. The molecule has 2 rings (SSSR count).